The summed E-state index contributed by atoms with van der Waals surface area (Å²) in [7, 11) is 0. The Morgan fingerprint density at radius 2 is 1.32 bits per heavy atom. The lowest BCUT2D eigenvalue weighted by Crippen LogP contribution is -2.00. The summed E-state index contributed by atoms with van der Waals surface area (Å²) in [5.74, 6) is 0.533. The zero-order valence-electron chi connectivity index (χ0n) is 20.9. The van der Waals surface area contributed by atoms with Gasteiger partial charge in [0.25, 0.3) is 0 Å². The molecule has 185 valence electrons. The van der Waals surface area contributed by atoms with E-state index in [-0.39, 0.29) is 0 Å². The van der Waals surface area contributed by atoms with E-state index in [9.17, 15) is 0 Å². The quantitative estimate of drug-likeness (QED) is 0.273. The summed E-state index contributed by atoms with van der Waals surface area (Å²) in [6.45, 7) is 0. The number of rotatable bonds is 3. The molecule has 0 aliphatic heterocycles. The molecule has 4 heterocycles. The van der Waals surface area contributed by atoms with Gasteiger partial charge in [0.15, 0.2) is 5.82 Å². The fraction of sp³-hybridized carbons (Fsp3) is 0. The lowest BCUT2D eigenvalue weighted by Gasteiger charge is -2.14. The molecule has 0 saturated heterocycles. The van der Waals surface area contributed by atoms with Crippen LogP contribution >= 0.6 is 0 Å². The molecule has 40 heavy (non-hydrogen) atoms. The monoisotopic (exact) mass is 513 g/mol. The average Bonchev–Trinajstić information content (AvgIpc) is 3.03. The average molecular weight is 514 g/mol. The maximum absolute atomic E-state index is 4.97. The van der Waals surface area contributed by atoms with Gasteiger partial charge in [-0.1, -0.05) is 60.7 Å². The van der Waals surface area contributed by atoms with E-state index in [2.05, 4.69) is 31.6 Å². The third kappa shape index (κ3) is 3.62. The highest BCUT2D eigenvalue weighted by atomic mass is 15.1. The van der Waals surface area contributed by atoms with Crippen LogP contribution in [0, 0.1) is 6.20 Å². The number of nitrogens with zero attached hydrogens (tertiary/aromatic N) is 8. The second-order valence-electron chi connectivity index (χ2n) is 9.36. The van der Waals surface area contributed by atoms with Crippen molar-refractivity contribution in [2.75, 3.05) is 0 Å². The number of hydrogen-bond donors (Lipinski definition) is 0. The highest BCUT2D eigenvalue weighted by molar-refractivity contribution is 6.08. The number of benzene rings is 4. The molecule has 0 amide bonds. The summed E-state index contributed by atoms with van der Waals surface area (Å²) in [6.07, 6.45) is 6.61. The Morgan fingerprint density at radius 3 is 2.23 bits per heavy atom. The molecule has 8 aromatic rings. The van der Waals surface area contributed by atoms with E-state index in [1.165, 1.54) is 0 Å². The van der Waals surface area contributed by atoms with Crippen molar-refractivity contribution in [2.45, 2.75) is 0 Å². The van der Waals surface area contributed by atoms with Crippen LogP contribution in [0.1, 0.15) is 0 Å². The number of para-hydroxylation sites is 3. The Hall–Kier alpha value is -5.76. The van der Waals surface area contributed by atoms with E-state index in [4.69, 9.17) is 15.0 Å². The fourth-order valence-corrected chi connectivity index (χ4v) is 5.03. The standard InChI is InChI=1S/C32H17N8/c1-4-10-24-19(7-1)15-27(39-38-24)22-14-13-21-17-35-40-31(28-18-33-25-11-5-6-12-26(25)36-28)29(21)30(22)32-34-16-20-8-2-3-9-23(20)37-32/h1-16,18H. The predicted octanol–water partition coefficient (Wildman–Crippen LogP) is 6.26. The topological polar surface area (TPSA) is 103 Å². The minimum absolute atomic E-state index is 0.533. The molecule has 8 nitrogen and oxygen atoms in total. The van der Waals surface area contributed by atoms with Crippen LogP contribution in [-0.2, 0) is 0 Å². The lowest BCUT2D eigenvalue weighted by molar-refractivity contribution is 1.04. The van der Waals surface area contributed by atoms with Gasteiger partial charge in [-0.3, -0.25) is 4.98 Å². The van der Waals surface area contributed by atoms with Gasteiger partial charge in [0.05, 0.1) is 34.0 Å². The first kappa shape index (κ1) is 22.2. The fourth-order valence-electron chi connectivity index (χ4n) is 5.03. The minimum atomic E-state index is 0.533. The Morgan fingerprint density at radius 1 is 0.550 bits per heavy atom. The van der Waals surface area contributed by atoms with Crippen LogP contribution in [0.4, 0.5) is 0 Å². The van der Waals surface area contributed by atoms with Crippen molar-refractivity contribution in [3.8, 4) is 34.0 Å². The first-order valence-corrected chi connectivity index (χ1v) is 12.7. The largest absolute Gasteiger partial charge is 0.252 e. The molecule has 0 unspecified atom stereocenters. The zero-order chi connectivity index (χ0) is 26.5. The lowest BCUT2D eigenvalue weighted by atomic mass is 9.94. The second-order valence-corrected chi connectivity index (χ2v) is 9.36. The van der Waals surface area contributed by atoms with Crippen LogP contribution in [0.15, 0.2) is 103 Å². The van der Waals surface area contributed by atoms with Gasteiger partial charge in [-0.2, -0.15) is 0 Å². The summed E-state index contributed by atoms with van der Waals surface area (Å²) in [4.78, 5) is 19.3. The Kier molecular flexibility index (Phi) is 4.96. The summed E-state index contributed by atoms with van der Waals surface area (Å²) < 4.78 is 0. The van der Waals surface area contributed by atoms with Crippen LogP contribution in [0.5, 0.6) is 0 Å². The molecular formula is C32H17N8. The van der Waals surface area contributed by atoms with E-state index in [0.29, 0.717) is 22.9 Å². The highest BCUT2D eigenvalue weighted by Crippen LogP contribution is 2.40. The van der Waals surface area contributed by atoms with Gasteiger partial charge in [-0.05, 0) is 30.3 Å². The van der Waals surface area contributed by atoms with E-state index >= 15 is 0 Å². The third-order valence-electron chi connectivity index (χ3n) is 6.94. The molecule has 8 heteroatoms. The van der Waals surface area contributed by atoms with Gasteiger partial charge in [-0.15, -0.1) is 20.4 Å². The molecule has 0 spiro atoms. The van der Waals surface area contributed by atoms with Crippen LogP contribution in [0.3, 0.4) is 0 Å². The van der Waals surface area contributed by atoms with E-state index in [1.807, 2.05) is 97.2 Å². The predicted molar refractivity (Wildman–Crippen MR) is 154 cm³/mol. The van der Waals surface area contributed by atoms with Gasteiger partial charge in [0.2, 0.25) is 0 Å². The van der Waals surface area contributed by atoms with E-state index in [0.717, 1.165) is 54.7 Å². The van der Waals surface area contributed by atoms with Gasteiger partial charge in [-0.25, -0.2) is 15.0 Å². The maximum atomic E-state index is 4.97. The van der Waals surface area contributed by atoms with Gasteiger partial charge >= 0.3 is 0 Å². The SMILES string of the molecule is [c]1nnc(-c2cnc3ccccc3n2)c2c(-c3ncc4ccccc4n3)c(-c3cc4ccccc4nn3)ccc12. The summed E-state index contributed by atoms with van der Waals surface area (Å²) >= 11 is 0. The van der Waals surface area contributed by atoms with Crippen molar-refractivity contribution in [1.82, 2.24) is 40.3 Å². The van der Waals surface area contributed by atoms with Crippen LogP contribution in [0.25, 0.3) is 77.6 Å². The van der Waals surface area contributed by atoms with Crippen LogP contribution < -0.4 is 0 Å². The summed E-state index contributed by atoms with van der Waals surface area (Å²) in [6, 6.07) is 29.5. The number of hydrogen-bond acceptors (Lipinski definition) is 8. The first-order chi connectivity index (χ1) is 19.8. The van der Waals surface area contributed by atoms with Crippen molar-refractivity contribution in [1.29, 1.82) is 0 Å². The molecule has 0 bridgehead atoms. The van der Waals surface area contributed by atoms with Crippen molar-refractivity contribution < 1.29 is 0 Å². The Bertz CT molecular complexity index is 2250. The van der Waals surface area contributed by atoms with Crippen LogP contribution in [-0.4, -0.2) is 40.3 Å². The Labute approximate surface area is 227 Å². The van der Waals surface area contributed by atoms with E-state index in [1.54, 1.807) is 6.20 Å². The van der Waals surface area contributed by atoms with Crippen LogP contribution in [0.2, 0.25) is 0 Å². The molecule has 1 radical (unpaired) electrons. The number of fused-ring (bicyclic) bond motifs is 4. The Balaban J connectivity index is 1.47. The summed E-state index contributed by atoms with van der Waals surface area (Å²) in [5.41, 5.74) is 6.64. The van der Waals surface area contributed by atoms with Gasteiger partial charge in [0, 0.05) is 38.9 Å². The zero-order valence-corrected chi connectivity index (χ0v) is 20.9. The van der Waals surface area contributed by atoms with Crippen molar-refractivity contribution >= 4 is 43.6 Å². The molecular weight excluding hydrogens is 496 g/mol. The molecule has 0 aliphatic rings. The van der Waals surface area contributed by atoms with E-state index < -0.39 is 0 Å². The maximum Gasteiger partial charge on any atom is 0.161 e. The molecule has 8 rings (SSSR count). The third-order valence-corrected chi connectivity index (χ3v) is 6.94. The van der Waals surface area contributed by atoms with Gasteiger partial charge < -0.3 is 0 Å². The molecule has 0 N–H and O–H groups in total. The second kappa shape index (κ2) is 8.92. The highest BCUT2D eigenvalue weighted by Gasteiger charge is 2.21. The molecule has 4 aromatic heterocycles. The van der Waals surface area contributed by atoms with Crippen molar-refractivity contribution in [3.05, 3.63) is 110 Å². The smallest absolute Gasteiger partial charge is 0.161 e. The molecule has 0 aliphatic carbocycles. The normalized spacial score (nSPS) is 11.5. The molecule has 4 aromatic carbocycles. The molecule has 0 atom stereocenters. The van der Waals surface area contributed by atoms with Crippen molar-refractivity contribution in [2.24, 2.45) is 0 Å². The molecule has 0 fully saturated rings. The van der Waals surface area contributed by atoms with Crippen molar-refractivity contribution in [3.63, 3.8) is 0 Å². The number of aromatic nitrogens is 8. The molecule has 0 saturated carbocycles. The first-order valence-electron chi connectivity index (χ1n) is 12.7. The summed E-state index contributed by atoms with van der Waals surface area (Å²) in [5, 5.41) is 21.2. The minimum Gasteiger partial charge on any atom is -0.252 e. The van der Waals surface area contributed by atoms with Gasteiger partial charge in [0.1, 0.15) is 17.6 Å².